The molecule has 146 valence electrons. The number of pyridine rings is 2. The van der Waals surface area contributed by atoms with Crippen LogP contribution in [0.2, 0.25) is 0 Å². The molecule has 0 saturated carbocycles. The van der Waals surface area contributed by atoms with Crippen LogP contribution in [-0.4, -0.2) is 32.8 Å². The third-order valence-corrected chi connectivity index (χ3v) is 3.99. The maximum absolute atomic E-state index is 12.8. The quantitative estimate of drug-likeness (QED) is 0.726. The molecule has 28 heavy (non-hydrogen) atoms. The van der Waals surface area contributed by atoms with Crippen molar-refractivity contribution < 1.29 is 32.4 Å². The van der Waals surface area contributed by atoms with Crippen molar-refractivity contribution in [1.82, 2.24) is 15.0 Å². The SMILES string of the molecule is O=C(CCc1ccnc(-c2cc(C(F)(F)F)ccn2)c1)ON1C(=O)CCC1=O. The standard InChI is InChI=1S/C18H14F3N3O4/c19-18(20,21)12-6-8-23-14(10-12)13-9-11(5-7-22-13)1-4-17(27)28-24-15(25)2-3-16(24)26/h5-10H,1-4H2. The molecule has 0 radical (unpaired) electrons. The van der Waals surface area contributed by atoms with Crippen molar-refractivity contribution in [2.75, 3.05) is 0 Å². The van der Waals surface area contributed by atoms with Crippen molar-refractivity contribution in [2.45, 2.75) is 31.9 Å². The van der Waals surface area contributed by atoms with Crippen molar-refractivity contribution in [2.24, 2.45) is 0 Å². The molecular weight excluding hydrogens is 379 g/mol. The monoisotopic (exact) mass is 393 g/mol. The van der Waals surface area contributed by atoms with Crippen molar-refractivity contribution in [3.05, 3.63) is 47.8 Å². The molecule has 1 saturated heterocycles. The Balaban J connectivity index is 1.66. The largest absolute Gasteiger partial charge is 0.416 e. The molecule has 3 rings (SSSR count). The van der Waals surface area contributed by atoms with Crippen LogP contribution in [0.4, 0.5) is 13.2 Å². The van der Waals surface area contributed by atoms with Gasteiger partial charge in [0.1, 0.15) is 0 Å². The summed E-state index contributed by atoms with van der Waals surface area (Å²) in [6.07, 6.45) is -1.99. The third-order valence-electron chi connectivity index (χ3n) is 3.99. The molecule has 2 aromatic rings. The number of imide groups is 1. The topological polar surface area (TPSA) is 89.5 Å². The van der Waals surface area contributed by atoms with Gasteiger partial charge in [0.15, 0.2) is 0 Å². The van der Waals surface area contributed by atoms with E-state index >= 15 is 0 Å². The summed E-state index contributed by atoms with van der Waals surface area (Å²) in [5.74, 6) is -1.90. The lowest BCUT2D eigenvalue weighted by atomic mass is 10.1. The Bertz CT molecular complexity index is 914. The second kappa shape index (κ2) is 7.75. The van der Waals surface area contributed by atoms with Crippen LogP contribution >= 0.6 is 0 Å². The van der Waals surface area contributed by atoms with Crippen LogP contribution in [0.3, 0.4) is 0 Å². The van der Waals surface area contributed by atoms with Crippen molar-refractivity contribution >= 4 is 17.8 Å². The Morgan fingerprint density at radius 3 is 2.29 bits per heavy atom. The van der Waals surface area contributed by atoms with Crippen LogP contribution < -0.4 is 0 Å². The van der Waals surface area contributed by atoms with Gasteiger partial charge in [-0.25, -0.2) is 4.79 Å². The first-order chi connectivity index (χ1) is 13.2. The van der Waals surface area contributed by atoms with E-state index in [4.69, 9.17) is 4.84 Å². The second-order valence-corrected chi connectivity index (χ2v) is 6.02. The maximum atomic E-state index is 12.8. The summed E-state index contributed by atoms with van der Waals surface area (Å²) in [4.78, 5) is 47.4. The van der Waals surface area contributed by atoms with Crippen LogP contribution in [-0.2, 0) is 31.8 Å². The van der Waals surface area contributed by atoms with Gasteiger partial charge in [0.05, 0.1) is 23.4 Å². The zero-order chi connectivity index (χ0) is 20.3. The molecule has 0 unspecified atom stereocenters. The molecular formula is C18H14F3N3O4. The zero-order valence-corrected chi connectivity index (χ0v) is 14.4. The van der Waals surface area contributed by atoms with Gasteiger partial charge in [-0.15, -0.1) is 5.06 Å². The molecule has 0 aromatic carbocycles. The van der Waals surface area contributed by atoms with Gasteiger partial charge in [-0.2, -0.15) is 13.2 Å². The molecule has 0 atom stereocenters. The van der Waals surface area contributed by atoms with E-state index in [0.29, 0.717) is 10.6 Å². The highest BCUT2D eigenvalue weighted by Gasteiger charge is 2.33. The van der Waals surface area contributed by atoms with E-state index in [1.807, 2.05) is 0 Å². The fourth-order valence-corrected chi connectivity index (χ4v) is 2.57. The van der Waals surface area contributed by atoms with Crippen molar-refractivity contribution in [3.8, 4) is 11.4 Å². The predicted molar refractivity (Wildman–Crippen MR) is 88.0 cm³/mol. The first kappa shape index (κ1) is 19.5. The molecule has 1 aliphatic heterocycles. The molecule has 3 heterocycles. The number of nitrogens with zero attached hydrogens (tertiary/aromatic N) is 3. The Morgan fingerprint density at radius 1 is 1.04 bits per heavy atom. The highest BCUT2D eigenvalue weighted by Crippen LogP contribution is 2.30. The molecule has 1 fully saturated rings. The van der Waals surface area contributed by atoms with Crippen LogP contribution in [0.25, 0.3) is 11.4 Å². The Hall–Kier alpha value is -3.30. The molecule has 0 N–H and O–H groups in total. The van der Waals surface area contributed by atoms with Gasteiger partial charge in [0.2, 0.25) is 0 Å². The Labute approximate surface area is 157 Å². The first-order valence-electron chi connectivity index (χ1n) is 8.29. The number of hydroxylamine groups is 2. The number of aryl methyl sites for hydroxylation is 1. The summed E-state index contributed by atoms with van der Waals surface area (Å²) >= 11 is 0. The number of aromatic nitrogens is 2. The smallest absolute Gasteiger partial charge is 0.330 e. The summed E-state index contributed by atoms with van der Waals surface area (Å²) in [5, 5.41) is 0.465. The number of carbonyl (C=O) groups is 3. The zero-order valence-electron chi connectivity index (χ0n) is 14.4. The Morgan fingerprint density at radius 2 is 1.64 bits per heavy atom. The van der Waals surface area contributed by atoms with Crippen LogP contribution in [0.5, 0.6) is 0 Å². The van der Waals surface area contributed by atoms with Gasteiger partial charge in [-0.05, 0) is 36.2 Å². The molecule has 7 nitrogen and oxygen atoms in total. The number of amides is 2. The lowest BCUT2D eigenvalue weighted by Gasteiger charge is -2.12. The first-order valence-corrected chi connectivity index (χ1v) is 8.29. The van der Waals surface area contributed by atoms with E-state index in [1.54, 1.807) is 6.07 Å². The van der Waals surface area contributed by atoms with Crippen LogP contribution in [0, 0.1) is 0 Å². The molecule has 0 bridgehead atoms. The van der Waals surface area contributed by atoms with Gasteiger partial charge in [-0.3, -0.25) is 19.6 Å². The van der Waals surface area contributed by atoms with Crippen molar-refractivity contribution in [1.29, 1.82) is 0 Å². The summed E-state index contributed by atoms with van der Waals surface area (Å²) in [7, 11) is 0. The maximum Gasteiger partial charge on any atom is 0.416 e. The molecule has 2 amide bonds. The molecule has 2 aromatic heterocycles. The van der Waals surface area contributed by atoms with Gasteiger partial charge >= 0.3 is 12.1 Å². The van der Waals surface area contributed by atoms with Gasteiger partial charge in [0, 0.05) is 25.2 Å². The van der Waals surface area contributed by atoms with E-state index in [-0.39, 0.29) is 37.1 Å². The van der Waals surface area contributed by atoms with E-state index in [2.05, 4.69) is 9.97 Å². The normalized spacial score (nSPS) is 14.5. The van der Waals surface area contributed by atoms with Crippen molar-refractivity contribution in [3.63, 3.8) is 0 Å². The van der Waals surface area contributed by atoms with E-state index in [0.717, 1.165) is 18.3 Å². The number of alkyl halides is 3. The average molecular weight is 393 g/mol. The number of hydrogen-bond donors (Lipinski definition) is 0. The van der Waals surface area contributed by atoms with E-state index in [9.17, 15) is 27.6 Å². The molecule has 1 aliphatic rings. The van der Waals surface area contributed by atoms with Crippen LogP contribution in [0.1, 0.15) is 30.4 Å². The summed E-state index contributed by atoms with van der Waals surface area (Å²) < 4.78 is 38.5. The third kappa shape index (κ3) is 4.51. The van der Waals surface area contributed by atoms with Gasteiger partial charge < -0.3 is 4.84 Å². The van der Waals surface area contributed by atoms with Gasteiger partial charge in [0.25, 0.3) is 11.8 Å². The fourth-order valence-electron chi connectivity index (χ4n) is 2.57. The van der Waals surface area contributed by atoms with Gasteiger partial charge in [-0.1, -0.05) is 0 Å². The van der Waals surface area contributed by atoms with E-state index in [1.165, 1.54) is 12.3 Å². The number of halogens is 3. The summed E-state index contributed by atoms with van der Waals surface area (Å²) in [6, 6.07) is 4.87. The minimum absolute atomic E-state index is 0.00379. The second-order valence-electron chi connectivity index (χ2n) is 6.02. The molecule has 10 heteroatoms. The predicted octanol–water partition coefficient (Wildman–Crippen LogP) is 2.70. The molecule has 0 spiro atoms. The highest BCUT2D eigenvalue weighted by molar-refractivity contribution is 6.01. The lowest BCUT2D eigenvalue weighted by molar-refractivity contribution is -0.197. The van der Waals surface area contributed by atoms with E-state index < -0.39 is 29.5 Å². The Kier molecular flexibility index (Phi) is 5.39. The lowest BCUT2D eigenvalue weighted by Crippen LogP contribution is -2.32. The highest BCUT2D eigenvalue weighted by atomic mass is 19.4. The number of hydrogen-bond acceptors (Lipinski definition) is 6. The van der Waals surface area contributed by atoms with Crippen LogP contribution in [0.15, 0.2) is 36.7 Å². The number of carbonyl (C=O) groups excluding carboxylic acids is 3. The average Bonchev–Trinajstić information content (AvgIpc) is 2.98. The minimum atomic E-state index is -4.50. The summed E-state index contributed by atoms with van der Waals surface area (Å²) in [6.45, 7) is 0. The minimum Gasteiger partial charge on any atom is -0.330 e. The summed E-state index contributed by atoms with van der Waals surface area (Å²) in [5.41, 5.74) is 0.0443. The number of rotatable bonds is 5. The molecule has 0 aliphatic carbocycles. The fraction of sp³-hybridized carbons (Fsp3) is 0.278.